The van der Waals surface area contributed by atoms with Crippen molar-refractivity contribution in [1.82, 2.24) is 5.48 Å². The Kier molecular flexibility index (Phi) is 5.42. The van der Waals surface area contributed by atoms with Crippen LogP contribution in [-0.2, 0) is 16.1 Å². The van der Waals surface area contributed by atoms with Gasteiger partial charge in [-0.05, 0) is 31.0 Å². The van der Waals surface area contributed by atoms with Crippen LogP contribution in [-0.4, -0.2) is 19.6 Å². The molecule has 0 aromatic heterocycles. The average Bonchev–Trinajstić information content (AvgIpc) is 2.34. The van der Waals surface area contributed by atoms with Crippen LogP contribution < -0.4 is 10.2 Å². The van der Waals surface area contributed by atoms with Crippen LogP contribution in [0.25, 0.3) is 0 Å². The Balaban J connectivity index is 2.47. The zero-order chi connectivity index (χ0) is 12.7. The molecule has 0 saturated heterocycles. The van der Waals surface area contributed by atoms with Crippen molar-refractivity contribution >= 4 is 5.91 Å². The number of methoxy groups -OCH3 is 1. The molecule has 94 valence electrons. The van der Waals surface area contributed by atoms with Crippen LogP contribution in [0.4, 0.5) is 4.39 Å². The summed E-state index contributed by atoms with van der Waals surface area (Å²) in [7, 11) is 1.41. The zero-order valence-electron chi connectivity index (χ0n) is 9.96. The van der Waals surface area contributed by atoms with Crippen molar-refractivity contribution in [2.45, 2.75) is 19.8 Å². The van der Waals surface area contributed by atoms with Crippen LogP contribution >= 0.6 is 0 Å². The van der Waals surface area contributed by atoms with Crippen molar-refractivity contribution in [1.29, 1.82) is 0 Å². The summed E-state index contributed by atoms with van der Waals surface area (Å²) >= 11 is 0. The smallest absolute Gasteiger partial charge is 0.243 e. The number of hydrogen-bond donors (Lipinski definition) is 1. The predicted octanol–water partition coefficient (Wildman–Crippen LogP) is 1.83. The summed E-state index contributed by atoms with van der Waals surface area (Å²) < 4.78 is 18.1. The molecule has 0 aliphatic rings. The first-order valence-electron chi connectivity index (χ1n) is 5.40. The minimum absolute atomic E-state index is 0.201. The lowest BCUT2D eigenvalue weighted by Crippen LogP contribution is -2.23. The van der Waals surface area contributed by atoms with Crippen molar-refractivity contribution in [2.75, 3.05) is 13.7 Å². The number of aryl methyl sites for hydroxylation is 1. The van der Waals surface area contributed by atoms with Crippen LogP contribution in [0.3, 0.4) is 0 Å². The number of hydrogen-bond acceptors (Lipinski definition) is 3. The maximum atomic E-state index is 13.3. The Hall–Kier alpha value is -1.62. The fourth-order valence-electron chi connectivity index (χ4n) is 1.33. The molecule has 5 heteroatoms. The fraction of sp³-hybridized carbons (Fsp3) is 0.417. The van der Waals surface area contributed by atoms with Gasteiger partial charge >= 0.3 is 0 Å². The molecule has 0 atom stereocenters. The fourth-order valence-corrected chi connectivity index (χ4v) is 1.33. The Morgan fingerprint density at radius 3 is 2.82 bits per heavy atom. The maximum absolute atomic E-state index is 13.3. The van der Waals surface area contributed by atoms with Gasteiger partial charge in [-0.2, -0.15) is 0 Å². The Labute approximate surface area is 99.7 Å². The van der Waals surface area contributed by atoms with E-state index in [0.29, 0.717) is 13.0 Å². The first-order valence-corrected chi connectivity index (χ1v) is 5.40. The van der Waals surface area contributed by atoms with Crippen molar-refractivity contribution < 1.29 is 18.8 Å². The number of amides is 1. The molecule has 1 rings (SSSR count). The second-order valence-corrected chi connectivity index (χ2v) is 3.43. The first kappa shape index (κ1) is 13.4. The quantitative estimate of drug-likeness (QED) is 0.773. The molecular weight excluding hydrogens is 225 g/mol. The molecule has 17 heavy (non-hydrogen) atoms. The molecule has 0 radical (unpaired) electrons. The molecule has 1 aromatic carbocycles. The number of carbonyl (C=O) groups is 1. The molecule has 0 spiro atoms. The van der Waals surface area contributed by atoms with Gasteiger partial charge in [0, 0.05) is 6.42 Å². The lowest BCUT2D eigenvalue weighted by Gasteiger charge is -2.06. The van der Waals surface area contributed by atoms with E-state index in [1.165, 1.54) is 13.2 Å². The molecule has 0 unspecified atom stereocenters. The van der Waals surface area contributed by atoms with E-state index in [-0.39, 0.29) is 18.1 Å². The van der Waals surface area contributed by atoms with Crippen molar-refractivity contribution in [3.8, 4) is 5.75 Å². The highest BCUT2D eigenvalue weighted by molar-refractivity contribution is 5.75. The molecular formula is C12H16FNO3. The van der Waals surface area contributed by atoms with E-state index in [4.69, 9.17) is 9.57 Å². The third kappa shape index (κ3) is 4.40. The van der Waals surface area contributed by atoms with E-state index >= 15 is 0 Å². The summed E-state index contributed by atoms with van der Waals surface area (Å²) in [5.74, 6) is -0.439. The molecule has 1 amide bonds. The number of carbonyl (C=O) groups excluding carboxylic acids is 1. The third-order valence-electron chi connectivity index (χ3n) is 2.19. The second-order valence-electron chi connectivity index (χ2n) is 3.43. The van der Waals surface area contributed by atoms with Gasteiger partial charge in [-0.15, -0.1) is 0 Å². The standard InChI is InChI=1S/C12H16FNO3/c1-3-17-14-12(15)7-5-9-4-6-11(16-2)10(13)8-9/h4,6,8H,3,5,7H2,1-2H3,(H,14,15). The maximum Gasteiger partial charge on any atom is 0.243 e. The number of rotatable bonds is 6. The topological polar surface area (TPSA) is 47.6 Å². The molecule has 0 bridgehead atoms. The largest absolute Gasteiger partial charge is 0.494 e. The van der Waals surface area contributed by atoms with Crippen LogP contribution in [0.1, 0.15) is 18.9 Å². The van der Waals surface area contributed by atoms with Gasteiger partial charge in [-0.1, -0.05) is 6.07 Å². The van der Waals surface area contributed by atoms with Crippen molar-refractivity contribution in [3.05, 3.63) is 29.6 Å². The lowest BCUT2D eigenvalue weighted by atomic mass is 10.1. The molecule has 4 nitrogen and oxygen atoms in total. The molecule has 0 heterocycles. The summed E-state index contributed by atoms with van der Waals surface area (Å²) in [6, 6.07) is 4.65. The lowest BCUT2D eigenvalue weighted by molar-refractivity contribution is -0.133. The van der Waals surface area contributed by atoms with Crippen LogP contribution in [0.15, 0.2) is 18.2 Å². The molecule has 0 saturated carbocycles. The minimum atomic E-state index is -0.421. The van der Waals surface area contributed by atoms with Gasteiger partial charge in [0.05, 0.1) is 13.7 Å². The SMILES string of the molecule is CCONC(=O)CCc1ccc(OC)c(F)c1. The highest BCUT2D eigenvalue weighted by Crippen LogP contribution is 2.18. The summed E-state index contributed by atoms with van der Waals surface area (Å²) in [4.78, 5) is 16.0. The van der Waals surface area contributed by atoms with E-state index in [1.807, 2.05) is 0 Å². The highest BCUT2D eigenvalue weighted by atomic mass is 19.1. The van der Waals surface area contributed by atoms with Gasteiger partial charge < -0.3 is 4.74 Å². The van der Waals surface area contributed by atoms with Gasteiger partial charge in [0.25, 0.3) is 0 Å². The van der Waals surface area contributed by atoms with E-state index in [0.717, 1.165) is 5.56 Å². The zero-order valence-corrected chi connectivity index (χ0v) is 9.96. The summed E-state index contributed by atoms with van der Waals surface area (Å²) in [6.45, 7) is 2.20. The van der Waals surface area contributed by atoms with Gasteiger partial charge in [0.1, 0.15) is 0 Å². The van der Waals surface area contributed by atoms with E-state index < -0.39 is 5.82 Å². The van der Waals surface area contributed by atoms with Gasteiger partial charge in [0.15, 0.2) is 11.6 Å². The molecule has 0 aliphatic carbocycles. The van der Waals surface area contributed by atoms with Crippen LogP contribution in [0, 0.1) is 5.82 Å². The molecule has 0 fully saturated rings. The average molecular weight is 241 g/mol. The van der Waals surface area contributed by atoms with E-state index in [2.05, 4.69) is 5.48 Å². The first-order chi connectivity index (χ1) is 8.17. The number of ether oxygens (including phenoxy) is 1. The van der Waals surface area contributed by atoms with Crippen LogP contribution in [0.5, 0.6) is 5.75 Å². The Morgan fingerprint density at radius 2 is 2.24 bits per heavy atom. The number of hydroxylamine groups is 1. The summed E-state index contributed by atoms with van der Waals surface area (Å²) in [6.07, 6.45) is 0.714. The van der Waals surface area contributed by atoms with Crippen molar-refractivity contribution in [2.24, 2.45) is 0 Å². The second kappa shape index (κ2) is 6.85. The molecule has 0 aliphatic heterocycles. The summed E-state index contributed by atoms with van der Waals surface area (Å²) in [5, 5.41) is 0. The van der Waals surface area contributed by atoms with E-state index in [1.54, 1.807) is 19.1 Å². The minimum Gasteiger partial charge on any atom is -0.494 e. The van der Waals surface area contributed by atoms with Crippen molar-refractivity contribution in [3.63, 3.8) is 0 Å². The predicted molar refractivity (Wildman–Crippen MR) is 61.0 cm³/mol. The highest BCUT2D eigenvalue weighted by Gasteiger charge is 2.06. The number of halogens is 1. The Morgan fingerprint density at radius 1 is 1.47 bits per heavy atom. The summed E-state index contributed by atoms with van der Waals surface area (Å²) in [5.41, 5.74) is 3.03. The molecule has 1 N–H and O–H groups in total. The normalized spacial score (nSPS) is 10.1. The monoisotopic (exact) mass is 241 g/mol. The third-order valence-corrected chi connectivity index (χ3v) is 2.19. The number of nitrogens with one attached hydrogen (secondary N) is 1. The van der Waals surface area contributed by atoms with Gasteiger partial charge in [0.2, 0.25) is 5.91 Å². The number of benzene rings is 1. The van der Waals surface area contributed by atoms with Gasteiger partial charge in [-0.25, -0.2) is 9.87 Å². The van der Waals surface area contributed by atoms with Gasteiger partial charge in [-0.3, -0.25) is 9.63 Å². The van der Waals surface area contributed by atoms with Crippen LogP contribution in [0.2, 0.25) is 0 Å². The van der Waals surface area contributed by atoms with E-state index in [9.17, 15) is 9.18 Å². The molecule has 1 aromatic rings. The Bertz CT molecular complexity index is 382.